The summed E-state index contributed by atoms with van der Waals surface area (Å²) in [7, 11) is 0. The molecule has 194 valence electrons. The topological polar surface area (TPSA) is 77.1 Å². The molecule has 0 aliphatic carbocycles. The molecular weight excluding hydrogens is 516 g/mol. The highest BCUT2D eigenvalue weighted by Gasteiger charge is 2.39. The highest BCUT2D eigenvalue weighted by molar-refractivity contribution is 6.30. The molecule has 1 heterocycles. The van der Waals surface area contributed by atoms with Gasteiger partial charge in [-0.05, 0) is 48.7 Å². The number of rotatable bonds is 9. The van der Waals surface area contributed by atoms with Gasteiger partial charge in [-0.2, -0.15) is 26.3 Å². The number of aryl methyl sites for hydroxylation is 1. The summed E-state index contributed by atoms with van der Waals surface area (Å²) in [5.41, 5.74) is -1.62. The Kier molecular flexibility index (Phi) is 8.29. The molecule has 1 atom stereocenters. The van der Waals surface area contributed by atoms with Crippen molar-refractivity contribution >= 4 is 17.4 Å². The zero-order valence-corrected chi connectivity index (χ0v) is 19.2. The molecule has 3 rings (SSSR count). The molecule has 1 aromatic heterocycles. The van der Waals surface area contributed by atoms with Crippen LogP contribution in [-0.4, -0.2) is 37.5 Å². The minimum absolute atomic E-state index is 0.0189. The van der Waals surface area contributed by atoms with Crippen LogP contribution in [0.2, 0.25) is 5.02 Å². The van der Waals surface area contributed by atoms with Gasteiger partial charge in [-0.25, -0.2) is 9.48 Å². The Morgan fingerprint density at radius 1 is 1.03 bits per heavy atom. The Morgan fingerprint density at radius 2 is 1.67 bits per heavy atom. The lowest BCUT2D eigenvalue weighted by molar-refractivity contribution is -0.207. The number of carbonyl (C=O) groups is 1. The van der Waals surface area contributed by atoms with Crippen molar-refractivity contribution in [3.8, 4) is 11.4 Å². The fraction of sp³-hybridized carbons (Fsp3) is 0.348. The summed E-state index contributed by atoms with van der Waals surface area (Å²) in [6.45, 7) is -1.75. The third-order valence-corrected chi connectivity index (χ3v) is 5.56. The molecule has 1 unspecified atom stereocenters. The molecular formula is C23H20ClF6N3O3. The Hall–Kier alpha value is -3.12. The lowest BCUT2D eigenvalue weighted by Crippen LogP contribution is -2.37. The fourth-order valence-corrected chi connectivity index (χ4v) is 3.66. The maximum absolute atomic E-state index is 13.1. The van der Waals surface area contributed by atoms with E-state index in [1.165, 1.54) is 42.5 Å². The first kappa shape index (κ1) is 27.5. The average Bonchev–Trinajstić information content (AvgIpc) is 3.08. The molecule has 3 aromatic rings. The highest BCUT2D eigenvalue weighted by Crippen LogP contribution is 2.32. The minimum Gasteiger partial charge on any atom is -0.382 e. The standard InChI is InChI=1S/C23H20ClF6N3O3/c24-16-10-8-15(9-11-16)20-31-33(21(36)32(20)13-19(35)23(28,29)30)12-17(34)6-3-5-14-4-1-2-7-18(14)22(25,26)27/h1-2,4,7-11,19,35H,3,5-6,12-13H2. The van der Waals surface area contributed by atoms with E-state index in [2.05, 4.69) is 5.10 Å². The fourth-order valence-electron chi connectivity index (χ4n) is 3.53. The number of ketones is 1. The van der Waals surface area contributed by atoms with E-state index >= 15 is 0 Å². The molecule has 0 bridgehead atoms. The van der Waals surface area contributed by atoms with Gasteiger partial charge < -0.3 is 5.11 Å². The second-order valence-corrected chi connectivity index (χ2v) is 8.42. The number of aliphatic hydroxyl groups is 1. The summed E-state index contributed by atoms with van der Waals surface area (Å²) in [4.78, 5) is 25.2. The van der Waals surface area contributed by atoms with Crippen LogP contribution in [0.4, 0.5) is 26.3 Å². The predicted octanol–water partition coefficient (Wildman–Crippen LogP) is 4.90. The van der Waals surface area contributed by atoms with Crippen LogP contribution in [-0.2, 0) is 30.5 Å². The molecule has 1 N–H and O–H groups in total. The molecule has 0 radical (unpaired) electrons. The molecule has 13 heteroatoms. The summed E-state index contributed by atoms with van der Waals surface area (Å²) < 4.78 is 79.4. The number of alkyl halides is 6. The second kappa shape index (κ2) is 10.9. The molecule has 0 aliphatic rings. The first-order valence-electron chi connectivity index (χ1n) is 10.6. The Labute approximate surface area is 205 Å². The van der Waals surface area contributed by atoms with Crippen LogP contribution in [0.15, 0.2) is 53.3 Å². The van der Waals surface area contributed by atoms with Gasteiger partial charge in [0.25, 0.3) is 0 Å². The Morgan fingerprint density at radius 3 is 2.28 bits per heavy atom. The van der Waals surface area contributed by atoms with Gasteiger partial charge in [0, 0.05) is 17.0 Å². The van der Waals surface area contributed by atoms with Crippen molar-refractivity contribution in [1.82, 2.24) is 14.3 Å². The second-order valence-electron chi connectivity index (χ2n) is 7.99. The van der Waals surface area contributed by atoms with Gasteiger partial charge in [-0.3, -0.25) is 9.36 Å². The van der Waals surface area contributed by atoms with Crippen molar-refractivity contribution in [3.63, 3.8) is 0 Å². The number of halogens is 7. The van der Waals surface area contributed by atoms with Gasteiger partial charge in [-0.15, -0.1) is 5.10 Å². The van der Waals surface area contributed by atoms with E-state index in [0.717, 1.165) is 6.07 Å². The number of Topliss-reactive ketones (excluding diaryl/α,β-unsaturated/α-hetero) is 1. The number of aromatic nitrogens is 3. The van der Waals surface area contributed by atoms with Gasteiger partial charge >= 0.3 is 18.0 Å². The van der Waals surface area contributed by atoms with Gasteiger partial charge in [0.15, 0.2) is 17.7 Å². The summed E-state index contributed by atoms with van der Waals surface area (Å²) in [6, 6.07) is 10.6. The monoisotopic (exact) mass is 535 g/mol. The minimum atomic E-state index is -5.00. The van der Waals surface area contributed by atoms with E-state index in [4.69, 9.17) is 11.6 Å². The summed E-state index contributed by atoms with van der Waals surface area (Å²) in [6.07, 6.45) is -12.6. The number of carbonyl (C=O) groups excluding carboxylic acids is 1. The van der Waals surface area contributed by atoms with E-state index in [1.54, 1.807) is 0 Å². The molecule has 0 amide bonds. The van der Waals surface area contributed by atoms with Crippen molar-refractivity contribution in [3.05, 3.63) is 75.2 Å². The predicted molar refractivity (Wildman–Crippen MR) is 118 cm³/mol. The largest absolute Gasteiger partial charge is 0.416 e. The van der Waals surface area contributed by atoms with Crippen LogP contribution in [0.5, 0.6) is 0 Å². The molecule has 0 saturated heterocycles. The summed E-state index contributed by atoms with van der Waals surface area (Å²) in [5.74, 6) is -0.767. The van der Waals surface area contributed by atoms with E-state index in [1.807, 2.05) is 0 Å². The zero-order valence-electron chi connectivity index (χ0n) is 18.5. The number of benzene rings is 2. The first-order chi connectivity index (χ1) is 16.8. The SMILES string of the molecule is O=C(CCCc1ccccc1C(F)(F)F)Cn1nc(-c2ccc(Cl)cc2)n(CC(O)C(F)(F)F)c1=O. The summed E-state index contributed by atoms with van der Waals surface area (Å²) >= 11 is 5.83. The van der Waals surface area contributed by atoms with Crippen LogP contribution < -0.4 is 5.69 Å². The molecule has 0 saturated carbocycles. The quantitative estimate of drug-likeness (QED) is 0.396. The Bertz CT molecular complexity index is 1270. The van der Waals surface area contributed by atoms with Crippen LogP contribution in [0.1, 0.15) is 24.0 Å². The number of aliphatic hydroxyl groups excluding tert-OH is 1. The van der Waals surface area contributed by atoms with Crippen LogP contribution in [0, 0.1) is 0 Å². The maximum atomic E-state index is 13.1. The van der Waals surface area contributed by atoms with E-state index < -0.39 is 48.6 Å². The summed E-state index contributed by atoms with van der Waals surface area (Å²) in [5, 5.41) is 13.8. The molecule has 0 fully saturated rings. The van der Waals surface area contributed by atoms with Gasteiger partial charge in [-0.1, -0.05) is 29.8 Å². The lowest BCUT2D eigenvalue weighted by atomic mass is 10.0. The zero-order chi connectivity index (χ0) is 26.7. The van der Waals surface area contributed by atoms with Gasteiger partial charge in [0.1, 0.15) is 6.54 Å². The van der Waals surface area contributed by atoms with Crippen LogP contribution in [0.25, 0.3) is 11.4 Å². The molecule has 2 aromatic carbocycles. The Balaban J connectivity index is 1.78. The first-order valence-corrected chi connectivity index (χ1v) is 11.0. The number of nitrogens with zero attached hydrogens (tertiary/aromatic N) is 3. The van der Waals surface area contributed by atoms with Gasteiger partial charge in [0.05, 0.1) is 12.1 Å². The van der Waals surface area contributed by atoms with Crippen LogP contribution in [0.3, 0.4) is 0 Å². The third-order valence-electron chi connectivity index (χ3n) is 5.31. The van der Waals surface area contributed by atoms with Crippen LogP contribution >= 0.6 is 11.6 Å². The third kappa shape index (κ3) is 6.76. The smallest absolute Gasteiger partial charge is 0.382 e. The van der Waals surface area contributed by atoms with Crippen molar-refractivity contribution in [2.45, 2.75) is 50.8 Å². The van der Waals surface area contributed by atoms with Gasteiger partial charge in [0.2, 0.25) is 0 Å². The maximum Gasteiger partial charge on any atom is 0.416 e. The highest BCUT2D eigenvalue weighted by atomic mass is 35.5. The number of hydrogen-bond acceptors (Lipinski definition) is 4. The van der Waals surface area contributed by atoms with E-state index in [0.29, 0.717) is 14.3 Å². The average molecular weight is 536 g/mol. The molecule has 0 aliphatic heterocycles. The van der Waals surface area contributed by atoms with E-state index in [-0.39, 0.29) is 36.2 Å². The molecule has 6 nitrogen and oxygen atoms in total. The molecule has 36 heavy (non-hydrogen) atoms. The van der Waals surface area contributed by atoms with Crippen molar-refractivity contribution < 1.29 is 36.2 Å². The number of hydrogen-bond donors (Lipinski definition) is 1. The van der Waals surface area contributed by atoms with Crippen molar-refractivity contribution in [2.75, 3.05) is 0 Å². The normalized spacial score (nSPS) is 13.1. The molecule has 0 spiro atoms. The van der Waals surface area contributed by atoms with E-state index in [9.17, 15) is 41.0 Å². The van der Waals surface area contributed by atoms with Crippen molar-refractivity contribution in [1.29, 1.82) is 0 Å². The lowest BCUT2D eigenvalue weighted by Gasteiger charge is -2.15. The van der Waals surface area contributed by atoms with Crippen molar-refractivity contribution in [2.24, 2.45) is 0 Å².